The van der Waals surface area contributed by atoms with Crippen LogP contribution in [0.5, 0.6) is 5.75 Å². The topological polar surface area (TPSA) is 140 Å². The van der Waals surface area contributed by atoms with Crippen molar-refractivity contribution in [3.05, 3.63) is 34.8 Å². The summed E-state index contributed by atoms with van der Waals surface area (Å²) in [6.45, 7) is 0. The van der Waals surface area contributed by atoms with Gasteiger partial charge in [0.25, 0.3) is 5.91 Å². The van der Waals surface area contributed by atoms with E-state index in [2.05, 4.69) is 15.0 Å². The molecular weight excluding hydrogens is 368 g/mol. The highest BCUT2D eigenvalue weighted by Gasteiger charge is 2.20. The fraction of sp³-hybridized carbons (Fsp3) is 0.214. The van der Waals surface area contributed by atoms with Crippen molar-refractivity contribution in [2.24, 2.45) is 5.73 Å². The fourth-order valence-corrected chi connectivity index (χ4v) is 3.55. The highest BCUT2D eigenvalue weighted by atomic mass is 32.2. The summed E-state index contributed by atoms with van der Waals surface area (Å²) in [6.07, 6.45) is -0.0283. The summed E-state index contributed by atoms with van der Waals surface area (Å²) in [7, 11) is -1.20. The Morgan fingerprint density at radius 2 is 2.08 bits per heavy atom. The van der Waals surface area contributed by atoms with E-state index in [4.69, 9.17) is 10.5 Å². The number of nitrogens with zero attached hydrogens (tertiary/aromatic N) is 1. The van der Waals surface area contributed by atoms with Crippen LogP contribution < -0.4 is 20.5 Å². The Bertz CT molecular complexity index is 908. The van der Waals surface area contributed by atoms with Crippen LogP contribution in [0.4, 0.5) is 5.13 Å². The molecule has 1 aromatic heterocycles. The van der Waals surface area contributed by atoms with Crippen molar-refractivity contribution in [3.63, 3.8) is 0 Å². The molecule has 2 aromatic rings. The average molecular weight is 384 g/mol. The molecule has 25 heavy (non-hydrogen) atoms. The molecule has 0 unspecified atom stereocenters. The Morgan fingerprint density at radius 1 is 1.36 bits per heavy atom. The van der Waals surface area contributed by atoms with E-state index in [1.54, 1.807) is 5.38 Å². The molecule has 1 heterocycles. The number of primary amides is 1. The van der Waals surface area contributed by atoms with Crippen LogP contribution in [-0.4, -0.2) is 39.4 Å². The summed E-state index contributed by atoms with van der Waals surface area (Å²) in [5, 5.41) is 4.42. The lowest BCUT2D eigenvalue weighted by Gasteiger charge is -2.10. The number of rotatable bonds is 7. The third-order valence-corrected chi connectivity index (χ3v) is 5.35. The van der Waals surface area contributed by atoms with E-state index >= 15 is 0 Å². The standard InChI is InChI=1S/C14H16N4O5S2/c1-16-25(21,22)11-5-8(3-4-10(11)23-2)13(20)18-14-17-9(7-24-14)6-12(15)19/h3-5,7,16H,6H2,1-2H3,(H2,15,19)(H,17,18,20). The maximum absolute atomic E-state index is 12.3. The minimum Gasteiger partial charge on any atom is -0.495 e. The van der Waals surface area contributed by atoms with Gasteiger partial charge in [0.05, 0.1) is 19.2 Å². The van der Waals surface area contributed by atoms with E-state index in [9.17, 15) is 18.0 Å². The molecule has 0 fully saturated rings. The van der Waals surface area contributed by atoms with Crippen LogP contribution in [0.2, 0.25) is 0 Å². The van der Waals surface area contributed by atoms with Crippen molar-refractivity contribution in [1.82, 2.24) is 9.71 Å². The van der Waals surface area contributed by atoms with Crippen molar-refractivity contribution in [1.29, 1.82) is 0 Å². The molecular formula is C14H16N4O5S2. The predicted molar refractivity (Wildman–Crippen MR) is 92.2 cm³/mol. The van der Waals surface area contributed by atoms with Gasteiger partial charge in [-0.1, -0.05) is 0 Å². The summed E-state index contributed by atoms with van der Waals surface area (Å²) >= 11 is 1.13. The van der Waals surface area contributed by atoms with E-state index in [0.29, 0.717) is 5.69 Å². The number of nitrogens with one attached hydrogen (secondary N) is 2. The molecule has 1 aromatic carbocycles. The van der Waals surface area contributed by atoms with Crippen molar-refractivity contribution in [3.8, 4) is 5.75 Å². The first kappa shape index (κ1) is 18.8. The second-order valence-corrected chi connectivity index (χ2v) is 7.53. The zero-order chi connectivity index (χ0) is 18.6. The number of anilines is 1. The Kier molecular flexibility index (Phi) is 5.72. The zero-order valence-corrected chi connectivity index (χ0v) is 15.0. The number of ether oxygens (including phenoxy) is 1. The molecule has 0 saturated heterocycles. The molecule has 0 radical (unpaired) electrons. The Morgan fingerprint density at radius 3 is 2.68 bits per heavy atom. The number of methoxy groups -OCH3 is 1. The highest BCUT2D eigenvalue weighted by Crippen LogP contribution is 2.25. The van der Waals surface area contributed by atoms with Crippen LogP contribution in [0.15, 0.2) is 28.5 Å². The number of carbonyl (C=O) groups excluding carboxylic acids is 2. The van der Waals surface area contributed by atoms with Crippen LogP contribution in [-0.2, 0) is 21.2 Å². The minimum atomic E-state index is -3.80. The second kappa shape index (κ2) is 7.59. The van der Waals surface area contributed by atoms with Gasteiger partial charge >= 0.3 is 0 Å². The molecule has 2 rings (SSSR count). The van der Waals surface area contributed by atoms with Crippen LogP contribution >= 0.6 is 11.3 Å². The van der Waals surface area contributed by atoms with E-state index in [0.717, 1.165) is 11.3 Å². The smallest absolute Gasteiger partial charge is 0.257 e. The highest BCUT2D eigenvalue weighted by molar-refractivity contribution is 7.89. The molecule has 0 aliphatic heterocycles. The Labute approximate surface area is 148 Å². The number of hydrogen-bond acceptors (Lipinski definition) is 7. The maximum Gasteiger partial charge on any atom is 0.257 e. The number of benzene rings is 1. The summed E-state index contributed by atoms with van der Waals surface area (Å²) in [5.74, 6) is -0.959. The van der Waals surface area contributed by atoms with Crippen LogP contribution in [0.25, 0.3) is 0 Å². The summed E-state index contributed by atoms with van der Waals surface area (Å²) in [5.41, 5.74) is 5.65. The molecule has 11 heteroatoms. The monoisotopic (exact) mass is 384 g/mol. The van der Waals surface area contributed by atoms with Gasteiger partial charge in [-0.3, -0.25) is 14.9 Å². The van der Waals surface area contributed by atoms with Gasteiger partial charge < -0.3 is 10.5 Å². The molecule has 0 aliphatic rings. The van der Waals surface area contributed by atoms with Crippen molar-refractivity contribution < 1.29 is 22.7 Å². The number of nitrogens with two attached hydrogens (primary N) is 1. The van der Waals surface area contributed by atoms with Gasteiger partial charge in [-0.2, -0.15) is 0 Å². The number of amides is 2. The first-order valence-electron chi connectivity index (χ1n) is 6.92. The van der Waals surface area contributed by atoms with Gasteiger partial charge in [0, 0.05) is 10.9 Å². The molecule has 2 amide bonds. The summed E-state index contributed by atoms with van der Waals surface area (Å²) in [4.78, 5) is 27.1. The molecule has 9 nitrogen and oxygen atoms in total. The number of aromatic nitrogens is 1. The number of thiazole rings is 1. The van der Waals surface area contributed by atoms with Crippen LogP contribution in [0.3, 0.4) is 0 Å². The SMILES string of the molecule is CNS(=O)(=O)c1cc(C(=O)Nc2nc(CC(N)=O)cs2)ccc1OC. The lowest BCUT2D eigenvalue weighted by molar-refractivity contribution is -0.117. The molecule has 0 atom stereocenters. The fourth-order valence-electron chi connectivity index (χ4n) is 1.93. The van der Waals surface area contributed by atoms with Gasteiger partial charge in [0.1, 0.15) is 10.6 Å². The lowest BCUT2D eigenvalue weighted by Crippen LogP contribution is -2.20. The van der Waals surface area contributed by atoms with Crippen molar-refractivity contribution in [2.45, 2.75) is 11.3 Å². The third-order valence-electron chi connectivity index (χ3n) is 3.11. The van der Waals surface area contributed by atoms with E-state index in [1.807, 2.05) is 0 Å². The zero-order valence-electron chi connectivity index (χ0n) is 13.4. The average Bonchev–Trinajstić information content (AvgIpc) is 3.00. The molecule has 134 valence electrons. The number of carbonyl (C=O) groups is 2. The quantitative estimate of drug-likeness (QED) is 0.629. The van der Waals surface area contributed by atoms with Gasteiger partial charge in [-0.25, -0.2) is 18.1 Å². The summed E-state index contributed by atoms with van der Waals surface area (Å²) in [6, 6.07) is 4.03. The molecule has 0 aliphatic carbocycles. The predicted octanol–water partition coefficient (Wildman–Crippen LogP) is 0.340. The van der Waals surface area contributed by atoms with Gasteiger partial charge in [-0.05, 0) is 25.2 Å². The number of sulfonamides is 1. The molecule has 0 saturated carbocycles. The third kappa shape index (κ3) is 4.53. The Hall–Kier alpha value is -2.50. The lowest BCUT2D eigenvalue weighted by atomic mass is 10.2. The second-order valence-electron chi connectivity index (χ2n) is 4.81. The first-order chi connectivity index (χ1) is 11.8. The van der Waals surface area contributed by atoms with Gasteiger partial charge in [0.15, 0.2) is 5.13 Å². The molecule has 0 bridgehead atoms. The Balaban J connectivity index is 2.26. The van der Waals surface area contributed by atoms with E-state index < -0.39 is 21.8 Å². The molecule has 4 N–H and O–H groups in total. The van der Waals surface area contributed by atoms with Crippen molar-refractivity contribution >= 4 is 38.3 Å². The maximum atomic E-state index is 12.3. The van der Waals surface area contributed by atoms with Crippen LogP contribution in [0.1, 0.15) is 16.1 Å². The first-order valence-corrected chi connectivity index (χ1v) is 9.28. The van der Waals surface area contributed by atoms with Crippen LogP contribution in [0, 0.1) is 0 Å². The largest absolute Gasteiger partial charge is 0.495 e. The number of hydrogen-bond donors (Lipinski definition) is 3. The van der Waals surface area contributed by atoms with Gasteiger partial charge in [-0.15, -0.1) is 11.3 Å². The van der Waals surface area contributed by atoms with Gasteiger partial charge in [0.2, 0.25) is 15.9 Å². The van der Waals surface area contributed by atoms with Crippen molar-refractivity contribution in [2.75, 3.05) is 19.5 Å². The summed E-state index contributed by atoms with van der Waals surface area (Å²) < 4.78 is 31.3. The van der Waals surface area contributed by atoms with E-state index in [1.165, 1.54) is 32.4 Å². The molecule has 0 spiro atoms. The normalized spacial score (nSPS) is 11.1. The van der Waals surface area contributed by atoms with E-state index in [-0.39, 0.29) is 27.8 Å². The minimum absolute atomic E-state index is 0.0283.